The molecule has 4 fully saturated rings. The van der Waals surface area contributed by atoms with Gasteiger partial charge in [0.2, 0.25) is 0 Å². The Bertz CT molecular complexity index is 492. The Kier molecular flexibility index (Phi) is 4.11. The third kappa shape index (κ3) is 2.79. The van der Waals surface area contributed by atoms with Crippen LogP contribution in [0.1, 0.15) is 65.2 Å². The second-order valence-electron chi connectivity index (χ2n) is 8.59. The maximum Gasteiger partial charge on any atom is 0.171 e. The molecule has 1 heterocycles. The summed E-state index contributed by atoms with van der Waals surface area (Å²) in [6, 6.07) is 4.76. The first-order valence-corrected chi connectivity index (χ1v) is 9.99. The van der Waals surface area contributed by atoms with Gasteiger partial charge in [0.25, 0.3) is 0 Å². The topological polar surface area (TPSA) is 7.12 Å². The van der Waals surface area contributed by atoms with E-state index >= 15 is 0 Å². The van der Waals surface area contributed by atoms with Gasteiger partial charge in [-0.2, -0.15) is 4.57 Å². The van der Waals surface area contributed by atoms with Gasteiger partial charge in [-0.3, -0.25) is 0 Å². The summed E-state index contributed by atoms with van der Waals surface area (Å²) in [4.78, 5) is 2.55. The molecule has 4 bridgehead atoms. The Balaban J connectivity index is 1.56. The lowest BCUT2D eigenvalue weighted by Crippen LogP contribution is -2.64. The van der Waals surface area contributed by atoms with E-state index in [1.807, 2.05) is 0 Å². The van der Waals surface area contributed by atoms with Crippen molar-refractivity contribution in [3.8, 4) is 0 Å². The van der Waals surface area contributed by atoms with E-state index in [2.05, 4.69) is 47.8 Å². The molecule has 1 aromatic rings. The maximum absolute atomic E-state index is 2.61. The average Bonchev–Trinajstić information content (AvgIpc) is 2.54. The Morgan fingerprint density at radius 3 is 1.83 bits per heavy atom. The molecule has 4 aliphatic rings. The van der Waals surface area contributed by atoms with Gasteiger partial charge in [0.1, 0.15) is 0 Å². The second kappa shape index (κ2) is 6.11. The first-order chi connectivity index (χ1) is 11.2. The maximum atomic E-state index is 2.61. The normalized spacial score (nSPS) is 34.8. The van der Waals surface area contributed by atoms with Gasteiger partial charge in [0.15, 0.2) is 17.9 Å². The molecule has 0 amide bonds. The Hall–Kier alpha value is -1.05. The SMILES string of the molecule is CCCN(CCC)c1cc[n+](C23CC4CC(CC(C4)C2)C3)cc1. The molecule has 2 nitrogen and oxygen atoms in total. The summed E-state index contributed by atoms with van der Waals surface area (Å²) in [7, 11) is 0. The monoisotopic (exact) mass is 313 g/mol. The molecule has 0 radical (unpaired) electrons. The van der Waals surface area contributed by atoms with Crippen LogP contribution in [0.25, 0.3) is 0 Å². The summed E-state index contributed by atoms with van der Waals surface area (Å²) in [5.41, 5.74) is 1.88. The van der Waals surface area contributed by atoms with E-state index in [-0.39, 0.29) is 0 Å². The van der Waals surface area contributed by atoms with E-state index in [9.17, 15) is 0 Å². The third-order valence-electron chi connectivity index (χ3n) is 6.72. The van der Waals surface area contributed by atoms with E-state index in [4.69, 9.17) is 0 Å². The van der Waals surface area contributed by atoms with Gasteiger partial charge < -0.3 is 4.90 Å². The second-order valence-corrected chi connectivity index (χ2v) is 8.59. The first-order valence-electron chi connectivity index (χ1n) is 9.99. The van der Waals surface area contributed by atoms with Crippen molar-refractivity contribution in [2.75, 3.05) is 18.0 Å². The molecular weight excluding hydrogens is 280 g/mol. The lowest BCUT2D eigenvalue weighted by molar-refractivity contribution is -0.776. The Labute approximate surface area is 141 Å². The smallest absolute Gasteiger partial charge is 0.171 e. The highest BCUT2D eigenvalue weighted by molar-refractivity contribution is 5.43. The quantitative estimate of drug-likeness (QED) is 0.700. The summed E-state index contributed by atoms with van der Waals surface area (Å²) in [5, 5.41) is 0. The zero-order chi connectivity index (χ0) is 15.9. The van der Waals surface area contributed by atoms with E-state index in [1.54, 1.807) is 0 Å². The van der Waals surface area contributed by atoms with Crippen molar-refractivity contribution in [2.45, 2.75) is 70.8 Å². The van der Waals surface area contributed by atoms with Crippen LogP contribution < -0.4 is 9.47 Å². The number of aromatic nitrogens is 1. The van der Waals surface area contributed by atoms with Crippen molar-refractivity contribution in [1.82, 2.24) is 0 Å². The molecule has 0 unspecified atom stereocenters. The van der Waals surface area contributed by atoms with Crippen LogP contribution in [0.4, 0.5) is 5.69 Å². The minimum absolute atomic E-state index is 0.466. The fourth-order valence-electron chi connectivity index (χ4n) is 6.24. The van der Waals surface area contributed by atoms with E-state index in [0.717, 1.165) is 17.8 Å². The van der Waals surface area contributed by atoms with Crippen molar-refractivity contribution >= 4 is 5.69 Å². The number of hydrogen-bond acceptors (Lipinski definition) is 1. The molecule has 0 N–H and O–H groups in total. The molecule has 0 atom stereocenters. The van der Waals surface area contributed by atoms with Crippen LogP contribution in [0.5, 0.6) is 0 Å². The van der Waals surface area contributed by atoms with Gasteiger partial charge in [0.05, 0.1) is 0 Å². The highest BCUT2D eigenvalue weighted by Gasteiger charge is 2.56. The first kappa shape index (κ1) is 15.5. The molecule has 4 aliphatic carbocycles. The summed E-state index contributed by atoms with van der Waals surface area (Å²) < 4.78 is 2.61. The predicted molar refractivity (Wildman–Crippen MR) is 95.6 cm³/mol. The van der Waals surface area contributed by atoms with Crippen molar-refractivity contribution in [1.29, 1.82) is 0 Å². The zero-order valence-electron chi connectivity index (χ0n) is 15.0. The van der Waals surface area contributed by atoms with Crippen LogP contribution in [0.3, 0.4) is 0 Å². The predicted octanol–water partition coefficient (Wildman–Crippen LogP) is 4.53. The summed E-state index contributed by atoms with van der Waals surface area (Å²) >= 11 is 0. The standard InChI is InChI=1S/C21H33N2/c1-3-7-22(8-4-2)20-5-9-23(10-6-20)21-14-17-11-18(15-21)13-19(12-17)16-21/h5-6,9-10,17-19H,3-4,7-8,11-16H2,1-2H3/q+1. The number of nitrogens with zero attached hydrogens (tertiary/aromatic N) is 2. The summed E-state index contributed by atoms with van der Waals surface area (Å²) in [6.45, 7) is 6.91. The number of hydrogen-bond donors (Lipinski definition) is 0. The highest BCUT2D eigenvalue weighted by Crippen LogP contribution is 2.56. The van der Waals surface area contributed by atoms with E-state index in [1.165, 1.54) is 70.1 Å². The minimum atomic E-state index is 0.466. The van der Waals surface area contributed by atoms with Gasteiger partial charge >= 0.3 is 0 Å². The van der Waals surface area contributed by atoms with Crippen LogP contribution >= 0.6 is 0 Å². The molecule has 5 rings (SSSR count). The molecule has 126 valence electrons. The number of rotatable bonds is 6. The molecule has 1 aromatic heterocycles. The molecule has 0 aliphatic heterocycles. The van der Waals surface area contributed by atoms with Gasteiger partial charge in [-0.15, -0.1) is 0 Å². The minimum Gasteiger partial charge on any atom is -0.371 e. The van der Waals surface area contributed by atoms with E-state index in [0.29, 0.717) is 5.54 Å². The molecule has 4 saturated carbocycles. The van der Waals surface area contributed by atoms with Crippen molar-refractivity contribution in [2.24, 2.45) is 17.8 Å². The molecular formula is C21H33N2+. The fourth-order valence-corrected chi connectivity index (χ4v) is 6.24. The van der Waals surface area contributed by atoms with Crippen LogP contribution in [0, 0.1) is 17.8 Å². The molecule has 0 aromatic carbocycles. The van der Waals surface area contributed by atoms with Crippen molar-refractivity contribution in [3.05, 3.63) is 24.5 Å². The van der Waals surface area contributed by atoms with Crippen LogP contribution in [-0.4, -0.2) is 13.1 Å². The van der Waals surface area contributed by atoms with Crippen molar-refractivity contribution < 1.29 is 4.57 Å². The van der Waals surface area contributed by atoms with Gasteiger partial charge in [-0.05, 0) is 49.9 Å². The van der Waals surface area contributed by atoms with Crippen LogP contribution in [-0.2, 0) is 5.54 Å². The zero-order valence-corrected chi connectivity index (χ0v) is 15.0. The van der Waals surface area contributed by atoms with E-state index < -0.39 is 0 Å². The molecule has 23 heavy (non-hydrogen) atoms. The largest absolute Gasteiger partial charge is 0.371 e. The Morgan fingerprint density at radius 2 is 1.39 bits per heavy atom. The van der Waals surface area contributed by atoms with Gasteiger partial charge in [-0.1, -0.05) is 13.8 Å². The number of anilines is 1. The lowest BCUT2D eigenvalue weighted by Gasteiger charge is -2.53. The lowest BCUT2D eigenvalue weighted by atomic mass is 9.53. The summed E-state index contributed by atoms with van der Waals surface area (Å²) in [6.07, 6.45) is 16.2. The Morgan fingerprint density at radius 1 is 0.913 bits per heavy atom. The molecule has 0 spiro atoms. The van der Waals surface area contributed by atoms with Crippen LogP contribution in [0.15, 0.2) is 24.5 Å². The van der Waals surface area contributed by atoms with Gasteiger partial charge in [-0.25, -0.2) is 0 Å². The van der Waals surface area contributed by atoms with Crippen molar-refractivity contribution in [3.63, 3.8) is 0 Å². The van der Waals surface area contributed by atoms with Crippen LogP contribution in [0.2, 0.25) is 0 Å². The fraction of sp³-hybridized carbons (Fsp3) is 0.762. The number of pyridine rings is 1. The molecule has 0 saturated heterocycles. The molecule has 2 heteroatoms. The third-order valence-corrected chi connectivity index (χ3v) is 6.72. The van der Waals surface area contributed by atoms with Gasteiger partial charge in [0, 0.05) is 50.2 Å². The summed E-state index contributed by atoms with van der Waals surface area (Å²) in [5.74, 6) is 3.06. The average molecular weight is 314 g/mol. The highest BCUT2D eigenvalue weighted by atomic mass is 15.1.